The number of hydrogen-bond acceptors (Lipinski definition) is 5. The minimum Gasteiger partial charge on any atom is -0.444 e. The number of nitrogens with two attached hydrogens (primary N) is 1. The molecule has 4 atom stereocenters. The number of aliphatic hydroxyl groups is 1. The summed E-state index contributed by atoms with van der Waals surface area (Å²) in [4.78, 5) is 38.1. The highest BCUT2D eigenvalue weighted by molar-refractivity contribution is 5.87. The van der Waals surface area contributed by atoms with E-state index in [9.17, 15) is 19.5 Å². The molecule has 3 amide bonds. The van der Waals surface area contributed by atoms with Gasteiger partial charge in [-0.1, -0.05) is 74.5 Å². The van der Waals surface area contributed by atoms with Crippen molar-refractivity contribution in [3.8, 4) is 0 Å². The van der Waals surface area contributed by atoms with Crippen molar-refractivity contribution >= 4 is 17.9 Å². The van der Waals surface area contributed by atoms with Gasteiger partial charge in [0.25, 0.3) is 0 Å². The molecule has 0 aromatic heterocycles. The molecule has 0 saturated heterocycles. The number of nitrogens with one attached hydrogen (secondary N) is 2. The summed E-state index contributed by atoms with van der Waals surface area (Å²) in [5.41, 5.74) is 6.69. The third kappa shape index (κ3) is 11.3. The second-order valence-electron chi connectivity index (χ2n) is 11.2. The number of aliphatic hydroxyl groups excluding tert-OH is 1. The van der Waals surface area contributed by atoms with E-state index in [4.69, 9.17) is 10.5 Å². The van der Waals surface area contributed by atoms with E-state index in [0.717, 1.165) is 11.1 Å². The van der Waals surface area contributed by atoms with Crippen molar-refractivity contribution in [2.24, 2.45) is 17.6 Å². The zero-order valence-electron chi connectivity index (χ0n) is 23.1. The summed E-state index contributed by atoms with van der Waals surface area (Å²) in [6.07, 6.45) is -0.550. The normalized spacial score (nSPS) is 14.7. The third-order valence-corrected chi connectivity index (χ3v) is 6.05. The molecule has 5 N–H and O–H groups in total. The van der Waals surface area contributed by atoms with Crippen LogP contribution >= 0.6 is 0 Å². The number of primary amides is 1. The van der Waals surface area contributed by atoms with E-state index in [0.29, 0.717) is 19.3 Å². The van der Waals surface area contributed by atoms with Crippen LogP contribution in [0, 0.1) is 11.8 Å². The molecule has 208 valence electrons. The lowest BCUT2D eigenvalue weighted by atomic mass is 9.88. The summed E-state index contributed by atoms with van der Waals surface area (Å²) in [5.74, 6) is -1.48. The summed E-state index contributed by atoms with van der Waals surface area (Å²) in [6, 6.07) is 17.4. The van der Waals surface area contributed by atoms with Crippen LogP contribution in [0.15, 0.2) is 60.7 Å². The van der Waals surface area contributed by atoms with E-state index in [1.165, 1.54) is 0 Å². The van der Waals surface area contributed by atoms with Gasteiger partial charge in [-0.15, -0.1) is 0 Å². The van der Waals surface area contributed by atoms with E-state index in [1.807, 2.05) is 74.5 Å². The van der Waals surface area contributed by atoms with Crippen molar-refractivity contribution in [1.82, 2.24) is 10.6 Å². The first-order valence-corrected chi connectivity index (χ1v) is 13.2. The topological polar surface area (TPSA) is 131 Å². The first kappa shape index (κ1) is 30.8. The average Bonchev–Trinajstić information content (AvgIpc) is 2.82. The predicted octanol–water partition coefficient (Wildman–Crippen LogP) is 3.75. The van der Waals surface area contributed by atoms with Gasteiger partial charge in [0.15, 0.2) is 0 Å². The van der Waals surface area contributed by atoms with Crippen LogP contribution in [-0.4, -0.2) is 46.8 Å². The van der Waals surface area contributed by atoms with E-state index in [-0.39, 0.29) is 18.2 Å². The second kappa shape index (κ2) is 14.5. The predicted molar refractivity (Wildman–Crippen MR) is 148 cm³/mol. The molecule has 0 aliphatic carbocycles. The standard InChI is InChI=1S/C30H43N3O5/c1-20(2)16-25(27(31)35)32-28(36)23(17-21-12-8-6-9-13-21)19-26(34)24(18-22-14-10-7-11-15-22)33-29(37)38-30(3,4)5/h6-15,20,23-26,34H,16-19H2,1-5H3,(H2,31,35)(H,32,36)(H,33,37)/t23-,24-,25-,26-/m0/s1. The smallest absolute Gasteiger partial charge is 0.407 e. The van der Waals surface area contributed by atoms with Crippen LogP contribution < -0.4 is 16.4 Å². The van der Waals surface area contributed by atoms with E-state index in [2.05, 4.69) is 10.6 Å². The van der Waals surface area contributed by atoms with Crippen molar-refractivity contribution in [3.05, 3.63) is 71.8 Å². The number of carbonyl (C=O) groups excluding carboxylic acids is 3. The fourth-order valence-electron chi connectivity index (χ4n) is 4.25. The number of rotatable bonds is 13. The van der Waals surface area contributed by atoms with Gasteiger partial charge in [-0.2, -0.15) is 0 Å². The fourth-order valence-corrected chi connectivity index (χ4v) is 4.25. The Hall–Kier alpha value is -3.39. The first-order valence-electron chi connectivity index (χ1n) is 13.2. The lowest BCUT2D eigenvalue weighted by molar-refractivity contribution is -0.131. The van der Waals surface area contributed by atoms with Crippen LogP contribution in [0.4, 0.5) is 4.79 Å². The number of amides is 3. The fraction of sp³-hybridized carbons (Fsp3) is 0.500. The molecule has 0 bridgehead atoms. The van der Waals surface area contributed by atoms with Gasteiger partial charge in [-0.25, -0.2) is 4.79 Å². The molecule has 0 unspecified atom stereocenters. The van der Waals surface area contributed by atoms with Gasteiger partial charge in [-0.05, 0) is 63.5 Å². The molecule has 0 aliphatic rings. The summed E-state index contributed by atoms with van der Waals surface area (Å²) in [6.45, 7) is 9.19. The average molecular weight is 526 g/mol. The van der Waals surface area contributed by atoms with Gasteiger partial charge < -0.3 is 26.2 Å². The van der Waals surface area contributed by atoms with E-state index < -0.39 is 41.7 Å². The molecule has 2 rings (SSSR count). The Morgan fingerprint density at radius 1 is 0.868 bits per heavy atom. The van der Waals surface area contributed by atoms with Gasteiger partial charge >= 0.3 is 6.09 Å². The molecule has 38 heavy (non-hydrogen) atoms. The molecule has 2 aromatic carbocycles. The monoisotopic (exact) mass is 525 g/mol. The molecule has 0 fully saturated rings. The maximum atomic E-state index is 13.4. The molecule has 0 saturated carbocycles. The van der Waals surface area contributed by atoms with Crippen molar-refractivity contribution < 1.29 is 24.2 Å². The Bertz CT molecular complexity index is 1020. The molecule has 8 heteroatoms. The summed E-state index contributed by atoms with van der Waals surface area (Å²) in [5, 5.41) is 17.0. The van der Waals surface area contributed by atoms with Gasteiger partial charge in [0.1, 0.15) is 11.6 Å². The molecule has 0 radical (unpaired) electrons. The van der Waals surface area contributed by atoms with Crippen LogP contribution in [0.25, 0.3) is 0 Å². The number of hydrogen-bond donors (Lipinski definition) is 4. The minimum absolute atomic E-state index is 0.0567. The third-order valence-electron chi connectivity index (χ3n) is 6.05. The van der Waals surface area contributed by atoms with E-state index in [1.54, 1.807) is 20.8 Å². The number of benzene rings is 2. The van der Waals surface area contributed by atoms with Gasteiger partial charge in [-0.3, -0.25) is 9.59 Å². The number of ether oxygens (including phenoxy) is 1. The van der Waals surface area contributed by atoms with Crippen LogP contribution in [0.2, 0.25) is 0 Å². The van der Waals surface area contributed by atoms with Crippen LogP contribution in [-0.2, 0) is 27.2 Å². The number of alkyl carbamates (subject to hydrolysis) is 1. The molecule has 0 heterocycles. The molecular formula is C30H43N3O5. The first-order chi connectivity index (χ1) is 17.8. The SMILES string of the molecule is CC(C)C[C@H](NC(=O)[C@@H](Cc1ccccc1)C[C@H](O)[C@H](Cc1ccccc1)NC(=O)OC(C)(C)C)C(N)=O. The molecule has 0 spiro atoms. The summed E-state index contributed by atoms with van der Waals surface area (Å²) in [7, 11) is 0. The maximum Gasteiger partial charge on any atom is 0.407 e. The van der Waals surface area contributed by atoms with E-state index >= 15 is 0 Å². The molecule has 2 aromatic rings. The Labute approximate surface area is 226 Å². The lowest BCUT2D eigenvalue weighted by Crippen LogP contribution is -2.50. The zero-order valence-corrected chi connectivity index (χ0v) is 23.1. The summed E-state index contributed by atoms with van der Waals surface area (Å²) < 4.78 is 5.43. The minimum atomic E-state index is -1.07. The second-order valence-corrected chi connectivity index (χ2v) is 11.2. The van der Waals surface area contributed by atoms with Crippen LogP contribution in [0.3, 0.4) is 0 Å². The quantitative estimate of drug-likeness (QED) is 0.316. The largest absolute Gasteiger partial charge is 0.444 e. The van der Waals surface area contributed by atoms with Gasteiger partial charge in [0.2, 0.25) is 11.8 Å². The highest BCUT2D eigenvalue weighted by atomic mass is 16.6. The molecular weight excluding hydrogens is 482 g/mol. The molecule has 0 aliphatic heterocycles. The number of carbonyl (C=O) groups is 3. The van der Waals surface area contributed by atoms with Crippen molar-refractivity contribution in [2.75, 3.05) is 0 Å². The van der Waals surface area contributed by atoms with Crippen molar-refractivity contribution in [2.45, 2.75) is 84.1 Å². The van der Waals surface area contributed by atoms with Crippen LogP contribution in [0.1, 0.15) is 58.6 Å². The van der Waals surface area contributed by atoms with Crippen LogP contribution in [0.5, 0.6) is 0 Å². The van der Waals surface area contributed by atoms with Crippen molar-refractivity contribution in [3.63, 3.8) is 0 Å². The van der Waals surface area contributed by atoms with Crippen molar-refractivity contribution in [1.29, 1.82) is 0 Å². The Morgan fingerprint density at radius 3 is 1.87 bits per heavy atom. The lowest BCUT2D eigenvalue weighted by Gasteiger charge is -2.29. The molecule has 8 nitrogen and oxygen atoms in total. The maximum absolute atomic E-state index is 13.4. The van der Waals surface area contributed by atoms with Gasteiger partial charge in [0.05, 0.1) is 12.1 Å². The Kier molecular flexibility index (Phi) is 11.8. The summed E-state index contributed by atoms with van der Waals surface area (Å²) >= 11 is 0. The Balaban J connectivity index is 2.28. The zero-order chi connectivity index (χ0) is 28.3. The van der Waals surface area contributed by atoms with Gasteiger partial charge in [0, 0.05) is 5.92 Å². The Morgan fingerprint density at radius 2 is 1.39 bits per heavy atom. The highest BCUT2D eigenvalue weighted by Crippen LogP contribution is 2.20. The highest BCUT2D eigenvalue weighted by Gasteiger charge is 2.31.